The van der Waals surface area contributed by atoms with E-state index in [-0.39, 0.29) is 12.0 Å². The van der Waals surface area contributed by atoms with Gasteiger partial charge in [0.15, 0.2) is 6.61 Å². The summed E-state index contributed by atoms with van der Waals surface area (Å²) in [5, 5.41) is 0. The van der Waals surface area contributed by atoms with Gasteiger partial charge in [0.2, 0.25) is 5.95 Å². The molecule has 0 unspecified atom stereocenters. The third kappa shape index (κ3) is 12.4. The summed E-state index contributed by atoms with van der Waals surface area (Å²) < 4.78 is 44.9. The lowest BCUT2D eigenvalue weighted by Gasteiger charge is -2.12. The van der Waals surface area contributed by atoms with Crippen LogP contribution in [0.2, 0.25) is 0 Å². The number of alkyl halides is 3. The van der Waals surface area contributed by atoms with Crippen molar-refractivity contribution in [3.05, 3.63) is 40.8 Å². The first kappa shape index (κ1) is 29.3. The Balaban J connectivity index is 0.000000278. The fraction of sp³-hybridized carbons (Fsp3) is 0.524. The Morgan fingerprint density at radius 3 is 1.57 bits per heavy atom. The molecule has 0 bridgehead atoms. The van der Waals surface area contributed by atoms with Gasteiger partial charge in [-0.3, -0.25) is 0 Å². The maximum absolute atomic E-state index is 11.9. The van der Waals surface area contributed by atoms with Crippen molar-refractivity contribution in [1.29, 1.82) is 0 Å². The number of aryl methyl sites for hydroxylation is 6. The zero-order valence-corrected chi connectivity index (χ0v) is 21.3. The van der Waals surface area contributed by atoms with Crippen molar-refractivity contribution < 1.29 is 22.6 Å². The number of nitrogens with zero attached hydrogens (tertiary/aromatic N) is 9. The summed E-state index contributed by atoms with van der Waals surface area (Å²) in [5.41, 5.74) is 2.08. The number of aromatic nitrogens is 8. The van der Waals surface area contributed by atoms with Gasteiger partial charge in [0.1, 0.15) is 23.3 Å². The van der Waals surface area contributed by atoms with Gasteiger partial charge in [-0.2, -0.15) is 38.1 Å². The summed E-state index contributed by atoms with van der Waals surface area (Å²) in [5.74, 6) is 2.78. The Labute approximate surface area is 202 Å². The second-order valence-electron chi connectivity index (χ2n) is 7.38. The van der Waals surface area contributed by atoms with Crippen LogP contribution in [0.4, 0.5) is 19.1 Å². The van der Waals surface area contributed by atoms with Crippen LogP contribution in [0.5, 0.6) is 12.0 Å². The zero-order chi connectivity index (χ0) is 26.8. The van der Waals surface area contributed by atoms with Crippen LogP contribution in [-0.2, 0) is 0 Å². The van der Waals surface area contributed by atoms with Crippen LogP contribution in [0.3, 0.4) is 0 Å². The molecular weight excluding hydrogens is 467 g/mol. The summed E-state index contributed by atoms with van der Waals surface area (Å²) in [6, 6.07) is 2.02. The number of hydrogen-bond donors (Lipinski definition) is 0. The number of rotatable bonds is 4. The van der Waals surface area contributed by atoms with E-state index in [1.165, 1.54) is 7.11 Å². The fourth-order valence-electron chi connectivity index (χ4n) is 2.43. The highest BCUT2D eigenvalue weighted by Gasteiger charge is 2.29. The average molecular weight is 498 g/mol. The van der Waals surface area contributed by atoms with Crippen molar-refractivity contribution in [1.82, 2.24) is 39.9 Å². The van der Waals surface area contributed by atoms with Gasteiger partial charge in [-0.15, -0.1) is 0 Å². The molecule has 3 aromatic heterocycles. The first-order valence-corrected chi connectivity index (χ1v) is 10.3. The highest BCUT2D eigenvalue weighted by atomic mass is 19.4. The fourth-order valence-corrected chi connectivity index (χ4v) is 2.43. The topological polar surface area (TPSA) is 125 Å². The van der Waals surface area contributed by atoms with Gasteiger partial charge in [0.05, 0.1) is 7.11 Å². The Morgan fingerprint density at radius 2 is 1.14 bits per heavy atom. The van der Waals surface area contributed by atoms with E-state index in [0.717, 1.165) is 17.2 Å². The van der Waals surface area contributed by atoms with Gasteiger partial charge in [-0.25, -0.2) is 15.0 Å². The van der Waals surface area contributed by atoms with Gasteiger partial charge in [-0.05, 0) is 47.6 Å². The normalized spacial score (nSPS) is 10.4. The van der Waals surface area contributed by atoms with E-state index < -0.39 is 12.8 Å². The van der Waals surface area contributed by atoms with Crippen molar-refractivity contribution in [2.45, 2.75) is 47.7 Å². The largest absolute Gasteiger partial charge is 0.467 e. The lowest BCUT2D eigenvalue weighted by atomic mass is 10.3. The second-order valence-corrected chi connectivity index (χ2v) is 7.38. The summed E-state index contributed by atoms with van der Waals surface area (Å²) in [6.07, 6.45) is -4.40. The minimum Gasteiger partial charge on any atom is -0.467 e. The van der Waals surface area contributed by atoms with Crippen LogP contribution in [0.25, 0.3) is 0 Å². The lowest BCUT2D eigenvalue weighted by molar-refractivity contribution is -0.154. The first-order chi connectivity index (χ1) is 16.2. The molecule has 0 radical (unpaired) electrons. The minimum atomic E-state index is -4.40. The maximum atomic E-state index is 11.9. The predicted molar refractivity (Wildman–Crippen MR) is 123 cm³/mol. The first-order valence-electron chi connectivity index (χ1n) is 10.3. The molecule has 0 atom stereocenters. The molecule has 11 nitrogen and oxygen atoms in total. The molecule has 0 amide bonds. The number of hydrogen-bond acceptors (Lipinski definition) is 11. The van der Waals surface area contributed by atoms with Crippen molar-refractivity contribution in [2.75, 3.05) is 32.7 Å². The predicted octanol–water partition coefficient (Wildman–Crippen LogP) is 3.09. The SMILES string of the molecule is COc1nc(C)nc(C)n1.Cc1cc(C)nc(C)n1.Cc1nc(OCC(F)(F)F)nc(N(C)C)n1. The zero-order valence-electron chi connectivity index (χ0n) is 21.3. The molecule has 0 spiro atoms. The van der Waals surface area contributed by atoms with E-state index in [1.54, 1.807) is 39.8 Å². The highest BCUT2D eigenvalue weighted by molar-refractivity contribution is 5.27. The van der Waals surface area contributed by atoms with Gasteiger partial charge in [0.25, 0.3) is 0 Å². The Morgan fingerprint density at radius 1 is 0.686 bits per heavy atom. The van der Waals surface area contributed by atoms with Crippen molar-refractivity contribution in [3.8, 4) is 12.0 Å². The van der Waals surface area contributed by atoms with E-state index in [2.05, 4.69) is 44.6 Å². The lowest BCUT2D eigenvalue weighted by Crippen LogP contribution is -2.21. The van der Waals surface area contributed by atoms with Crippen molar-refractivity contribution in [3.63, 3.8) is 0 Å². The van der Waals surface area contributed by atoms with E-state index in [9.17, 15) is 13.2 Å². The van der Waals surface area contributed by atoms with Gasteiger partial charge < -0.3 is 14.4 Å². The molecule has 3 rings (SSSR count). The summed E-state index contributed by atoms with van der Waals surface area (Å²) in [7, 11) is 4.87. The van der Waals surface area contributed by atoms with E-state index in [4.69, 9.17) is 4.74 Å². The summed E-state index contributed by atoms with van der Waals surface area (Å²) in [6.45, 7) is 9.59. The molecule has 35 heavy (non-hydrogen) atoms. The molecule has 192 valence electrons. The van der Waals surface area contributed by atoms with Crippen molar-refractivity contribution in [2.24, 2.45) is 0 Å². The van der Waals surface area contributed by atoms with Crippen LogP contribution in [0.15, 0.2) is 6.07 Å². The molecule has 0 aliphatic heterocycles. The Kier molecular flexibility index (Phi) is 11.1. The Bertz CT molecular complexity index is 1030. The maximum Gasteiger partial charge on any atom is 0.422 e. The monoisotopic (exact) mass is 497 g/mol. The number of methoxy groups -OCH3 is 1. The minimum absolute atomic E-state index is 0.254. The number of halogens is 3. The smallest absolute Gasteiger partial charge is 0.422 e. The molecule has 0 aliphatic carbocycles. The highest BCUT2D eigenvalue weighted by Crippen LogP contribution is 2.17. The molecule has 0 aliphatic rings. The molecule has 3 aromatic rings. The van der Waals surface area contributed by atoms with Crippen LogP contribution in [0.1, 0.15) is 34.7 Å². The van der Waals surface area contributed by atoms with E-state index in [1.807, 2.05) is 26.8 Å². The third-order valence-corrected chi connectivity index (χ3v) is 3.59. The second kappa shape index (κ2) is 13.2. The van der Waals surface area contributed by atoms with Crippen LogP contribution in [-0.4, -0.2) is 73.9 Å². The molecular formula is C21H30F3N9O2. The summed E-state index contributed by atoms with van der Waals surface area (Å²) >= 11 is 0. The van der Waals surface area contributed by atoms with Gasteiger partial charge >= 0.3 is 18.2 Å². The third-order valence-electron chi connectivity index (χ3n) is 3.59. The molecule has 3 heterocycles. The number of ether oxygens (including phenoxy) is 2. The molecule has 0 aromatic carbocycles. The molecule has 0 fully saturated rings. The molecule has 0 saturated carbocycles. The van der Waals surface area contributed by atoms with Crippen molar-refractivity contribution >= 4 is 5.95 Å². The van der Waals surface area contributed by atoms with Gasteiger partial charge in [0, 0.05) is 25.5 Å². The van der Waals surface area contributed by atoms with E-state index >= 15 is 0 Å². The molecule has 0 saturated heterocycles. The number of anilines is 1. The standard InChI is InChI=1S/C8H11F3N4O.C7H10N2.C6H9N3O/c1-5-12-6(15(2)3)14-7(13-5)16-4-8(9,10)11;1-5-4-6(2)9-7(3)8-5;1-4-7-5(2)9-6(8-4)10-3/h4H2,1-3H3;4H,1-3H3;1-3H3. The molecule has 0 N–H and O–H groups in total. The molecule has 14 heteroatoms. The van der Waals surface area contributed by atoms with Crippen LogP contribution < -0.4 is 14.4 Å². The average Bonchev–Trinajstić information content (AvgIpc) is 2.70. The van der Waals surface area contributed by atoms with Crippen LogP contribution >= 0.6 is 0 Å². The van der Waals surface area contributed by atoms with E-state index in [0.29, 0.717) is 23.5 Å². The Hall–Kier alpha value is -3.71. The van der Waals surface area contributed by atoms with Crippen LogP contribution in [0, 0.1) is 41.5 Å². The van der Waals surface area contributed by atoms with Gasteiger partial charge in [-0.1, -0.05) is 0 Å². The summed E-state index contributed by atoms with van der Waals surface area (Å²) in [4.78, 5) is 32.9. The quantitative estimate of drug-likeness (QED) is 0.528.